The van der Waals surface area contributed by atoms with Crippen LogP contribution < -0.4 is 5.43 Å². The first kappa shape index (κ1) is 14.0. The first-order valence-corrected chi connectivity index (χ1v) is 6.37. The molecule has 0 N–H and O–H groups in total. The van der Waals surface area contributed by atoms with E-state index in [1.54, 1.807) is 13.1 Å². The number of esters is 1. The molecule has 2 rings (SSSR count). The minimum Gasteiger partial charge on any atom is -0.461 e. The molecule has 0 saturated heterocycles. The van der Waals surface area contributed by atoms with Crippen LogP contribution in [0.4, 0.5) is 0 Å². The second-order valence-corrected chi connectivity index (χ2v) is 4.48. The van der Waals surface area contributed by atoms with Crippen LogP contribution in [0.3, 0.4) is 0 Å². The molecular weight excluding hydrogens is 256 g/mol. The number of carbonyl (C=O) groups is 1. The Hall–Kier alpha value is -2.43. The first-order valence-electron chi connectivity index (χ1n) is 6.37. The molecule has 0 atom stereocenters. The van der Waals surface area contributed by atoms with Gasteiger partial charge < -0.3 is 4.74 Å². The number of hydrogen-bond acceptors (Lipinski definition) is 4. The Balaban J connectivity index is 2.51. The molecule has 0 radical (unpaired) electrons. The first-order chi connectivity index (χ1) is 9.52. The van der Waals surface area contributed by atoms with E-state index in [1.807, 2.05) is 32.0 Å². The maximum atomic E-state index is 11.7. The Morgan fingerprint density at radius 1 is 1.30 bits per heavy atom. The third kappa shape index (κ3) is 2.77. The molecule has 5 heteroatoms. The van der Waals surface area contributed by atoms with E-state index in [4.69, 9.17) is 4.74 Å². The molecule has 20 heavy (non-hydrogen) atoms. The standard InChI is InChI=1S/C15H16N2O3/c1-4-20-15(19)14-13(18)7-8-17(16-14)12-6-5-10(2)9-11(12)3/h5-9H,4H2,1-3H3. The molecule has 0 saturated carbocycles. The summed E-state index contributed by atoms with van der Waals surface area (Å²) in [7, 11) is 0. The molecule has 2 aromatic rings. The predicted octanol–water partition coefficient (Wildman–Crippen LogP) is 2.03. The Morgan fingerprint density at radius 2 is 2.05 bits per heavy atom. The summed E-state index contributed by atoms with van der Waals surface area (Å²) in [5.41, 5.74) is 2.33. The second kappa shape index (κ2) is 5.69. The van der Waals surface area contributed by atoms with Gasteiger partial charge in [0.25, 0.3) is 0 Å². The van der Waals surface area contributed by atoms with E-state index in [-0.39, 0.29) is 12.3 Å². The summed E-state index contributed by atoms with van der Waals surface area (Å²) < 4.78 is 6.35. The van der Waals surface area contributed by atoms with Gasteiger partial charge in [-0.1, -0.05) is 17.7 Å². The van der Waals surface area contributed by atoms with Gasteiger partial charge in [0.05, 0.1) is 12.3 Å². The van der Waals surface area contributed by atoms with E-state index in [9.17, 15) is 9.59 Å². The molecule has 0 bridgehead atoms. The van der Waals surface area contributed by atoms with Crippen molar-refractivity contribution in [1.82, 2.24) is 9.78 Å². The number of carbonyl (C=O) groups excluding carboxylic acids is 1. The number of aromatic nitrogens is 2. The summed E-state index contributed by atoms with van der Waals surface area (Å²) in [6, 6.07) is 7.18. The largest absolute Gasteiger partial charge is 0.461 e. The molecule has 104 valence electrons. The summed E-state index contributed by atoms with van der Waals surface area (Å²) in [6.45, 7) is 5.84. The van der Waals surface area contributed by atoms with Crippen LogP contribution in [0, 0.1) is 13.8 Å². The van der Waals surface area contributed by atoms with Crippen molar-refractivity contribution in [2.45, 2.75) is 20.8 Å². The molecule has 0 spiro atoms. The molecule has 0 aliphatic carbocycles. The Morgan fingerprint density at radius 3 is 2.70 bits per heavy atom. The van der Waals surface area contributed by atoms with Gasteiger partial charge in [-0.15, -0.1) is 0 Å². The van der Waals surface area contributed by atoms with E-state index in [0.717, 1.165) is 16.8 Å². The van der Waals surface area contributed by atoms with Crippen molar-refractivity contribution in [3.63, 3.8) is 0 Å². The fraction of sp³-hybridized carbons (Fsp3) is 0.267. The van der Waals surface area contributed by atoms with Crippen LogP contribution >= 0.6 is 0 Å². The number of aryl methyl sites for hydroxylation is 2. The topological polar surface area (TPSA) is 61.2 Å². The maximum absolute atomic E-state index is 11.7. The molecule has 0 aliphatic rings. The highest BCUT2D eigenvalue weighted by Gasteiger charge is 2.14. The zero-order valence-electron chi connectivity index (χ0n) is 11.7. The van der Waals surface area contributed by atoms with Crippen molar-refractivity contribution in [3.05, 3.63) is 57.5 Å². The number of hydrogen-bond donors (Lipinski definition) is 0. The molecule has 1 aromatic carbocycles. The monoisotopic (exact) mass is 272 g/mol. The molecule has 1 heterocycles. The SMILES string of the molecule is CCOC(=O)c1nn(-c2ccc(C)cc2C)ccc1=O. The van der Waals surface area contributed by atoms with Crippen LogP contribution in [-0.4, -0.2) is 22.4 Å². The number of nitrogens with zero attached hydrogens (tertiary/aromatic N) is 2. The Bertz CT molecular complexity index is 705. The van der Waals surface area contributed by atoms with Crippen LogP contribution in [0.1, 0.15) is 28.5 Å². The average Bonchev–Trinajstić information content (AvgIpc) is 2.40. The summed E-state index contributed by atoms with van der Waals surface area (Å²) in [6.07, 6.45) is 1.54. The maximum Gasteiger partial charge on any atom is 0.362 e. The van der Waals surface area contributed by atoms with E-state index in [0.29, 0.717) is 0 Å². The molecule has 0 amide bonds. The minimum atomic E-state index is -0.698. The van der Waals surface area contributed by atoms with Crippen LogP contribution in [0.15, 0.2) is 35.3 Å². The van der Waals surface area contributed by atoms with Gasteiger partial charge in [-0.05, 0) is 32.4 Å². The van der Waals surface area contributed by atoms with Gasteiger partial charge in [0.15, 0.2) is 0 Å². The van der Waals surface area contributed by atoms with Crippen LogP contribution in [-0.2, 0) is 4.74 Å². The van der Waals surface area contributed by atoms with Gasteiger partial charge in [0.1, 0.15) is 0 Å². The summed E-state index contributed by atoms with van der Waals surface area (Å²) in [4.78, 5) is 23.4. The fourth-order valence-corrected chi connectivity index (χ4v) is 1.95. The Labute approximate surface area is 116 Å². The van der Waals surface area contributed by atoms with Crippen LogP contribution in [0.5, 0.6) is 0 Å². The lowest BCUT2D eigenvalue weighted by Gasteiger charge is -2.10. The van der Waals surface area contributed by atoms with E-state index < -0.39 is 11.4 Å². The van der Waals surface area contributed by atoms with E-state index in [2.05, 4.69) is 5.10 Å². The number of benzene rings is 1. The minimum absolute atomic E-state index is 0.200. The van der Waals surface area contributed by atoms with Gasteiger partial charge in [-0.2, -0.15) is 5.10 Å². The predicted molar refractivity (Wildman–Crippen MR) is 75.3 cm³/mol. The van der Waals surface area contributed by atoms with Crippen LogP contribution in [0.2, 0.25) is 0 Å². The average molecular weight is 272 g/mol. The quantitative estimate of drug-likeness (QED) is 0.802. The smallest absolute Gasteiger partial charge is 0.362 e. The highest BCUT2D eigenvalue weighted by Crippen LogP contribution is 2.14. The summed E-state index contributed by atoms with van der Waals surface area (Å²) in [5, 5.41) is 4.08. The Kier molecular flexibility index (Phi) is 3.98. The van der Waals surface area contributed by atoms with Crippen molar-refractivity contribution in [2.75, 3.05) is 6.61 Å². The molecule has 0 aliphatic heterocycles. The van der Waals surface area contributed by atoms with Crippen LogP contribution in [0.25, 0.3) is 5.69 Å². The number of ether oxygens (including phenoxy) is 1. The molecular formula is C15H16N2O3. The van der Waals surface area contributed by atoms with Gasteiger partial charge in [0.2, 0.25) is 11.1 Å². The summed E-state index contributed by atoms with van der Waals surface area (Å²) >= 11 is 0. The fourth-order valence-electron chi connectivity index (χ4n) is 1.95. The second-order valence-electron chi connectivity index (χ2n) is 4.48. The third-order valence-corrected chi connectivity index (χ3v) is 2.88. The normalized spacial score (nSPS) is 10.3. The number of rotatable bonds is 3. The van der Waals surface area contributed by atoms with Crippen molar-refractivity contribution in [1.29, 1.82) is 0 Å². The summed E-state index contributed by atoms with van der Waals surface area (Å²) in [5.74, 6) is -0.698. The lowest BCUT2D eigenvalue weighted by molar-refractivity contribution is 0.0515. The lowest BCUT2D eigenvalue weighted by atomic mass is 10.1. The third-order valence-electron chi connectivity index (χ3n) is 2.88. The zero-order valence-corrected chi connectivity index (χ0v) is 11.7. The van der Waals surface area contributed by atoms with Crippen molar-refractivity contribution in [3.8, 4) is 5.69 Å². The molecule has 0 fully saturated rings. The highest BCUT2D eigenvalue weighted by atomic mass is 16.5. The van der Waals surface area contributed by atoms with Gasteiger partial charge in [-0.3, -0.25) is 4.79 Å². The highest BCUT2D eigenvalue weighted by molar-refractivity contribution is 5.86. The van der Waals surface area contributed by atoms with E-state index >= 15 is 0 Å². The van der Waals surface area contributed by atoms with Crippen molar-refractivity contribution in [2.24, 2.45) is 0 Å². The van der Waals surface area contributed by atoms with Gasteiger partial charge in [-0.25, -0.2) is 9.48 Å². The van der Waals surface area contributed by atoms with Gasteiger partial charge >= 0.3 is 5.97 Å². The molecule has 1 aromatic heterocycles. The lowest BCUT2D eigenvalue weighted by Crippen LogP contribution is -2.22. The van der Waals surface area contributed by atoms with Crippen molar-refractivity contribution >= 4 is 5.97 Å². The van der Waals surface area contributed by atoms with Gasteiger partial charge in [0, 0.05) is 12.3 Å². The van der Waals surface area contributed by atoms with Crippen molar-refractivity contribution < 1.29 is 9.53 Å². The zero-order chi connectivity index (χ0) is 14.7. The molecule has 0 unspecified atom stereocenters. The molecule has 5 nitrogen and oxygen atoms in total. The van der Waals surface area contributed by atoms with E-state index in [1.165, 1.54) is 10.7 Å².